The summed E-state index contributed by atoms with van der Waals surface area (Å²) in [5, 5.41) is 7.60. The van der Waals surface area contributed by atoms with E-state index in [0.29, 0.717) is 18.8 Å². The first-order valence-electron chi connectivity index (χ1n) is 11.7. The Morgan fingerprint density at radius 1 is 1.18 bits per heavy atom. The monoisotopic (exact) mass is 477 g/mol. The van der Waals surface area contributed by atoms with Crippen molar-refractivity contribution in [1.82, 2.24) is 4.90 Å². The topological polar surface area (TPSA) is 44.8 Å². The van der Waals surface area contributed by atoms with Crippen LogP contribution in [0.25, 0.3) is 11.3 Å². The number of nitrogens with one attached hydrogen (secondary N) is 1. The molecule has 2 aromatic rings. The van der Waals surface area contributed by atoms with Crippen molar-refractivity contribution in [2.45, 2.75) is 39.2 Å². The van der Waals surface area contributed by atoms with Crippen LogP contribution in [0.3, 0.4) is 0 Å². The van der Waals surface area contributed by atoms with Crippen LogP contribution in [0.5, 0.6) is 0 Å². The average Bonchev–Trinajstić information content (AvgIpc) is 3.54. The van der Waals surface area contributed by atoms with Gasteiger partial charge >= 0.3 is 0 Å². The fraction of sp³-hybridized carbons (Fsp3) is 0.393. The maximum Gasteiger partial charge on any atom is 0.253 e. The van der Waals surface area contributed by atoms with Gasteiger partial charge in [-0.2, -0.15) is 11.3 Å². The maximum absolute atomic E-state index is 13.5. The van der Waals surface area contributed by atoms with Gasteiger partial charge in [0.05, 0.1) is 24.6 Å². The quantitative estimate of drug-likeness (QED) is 0.533. The molecule has 180 valence electrons. The lowest BCUT2D eigenvalue weighted by molar-refractivity contribution is -0.129. The van der Waals surface area contributed by atoms with Crippen LogP contribution in [-0.2, 0) is 16.0 Å². The number of rotatable bonds is 6. The van der Waals surface area contributed by atoms with Crippen LogP contribution >= 0.6 is 11.3 Å². The molecule has 2 aliphatic rings. The van der Waals surface area contributed by atoms with E-state index >= 15 is 0 Å². The Kier molecular flexibility index (Phi) is 6.74. The zero-order valence-electron chi connectivity index (χ0n) is 21.1. The Labute approximate surface area is 207 Å². The molecule has 0 radical (unpaired) electrons. The third-order valence-electron chi connectivity index (χ3n) is 6.91. The third kappa shape index (κ3) is 4.44. The molecule has 1 aromatic heterocycles. The first kappa shape index (κ1) is 24.3. The molecule has 1 amide bonds. The van der Waals surface area contributed by atoms with Crippen molar-refractivity contribution in [2.75, 3.05) is 44.6 Å². The van der Waals surface area contributed by atoms with Gasteiger partial charge < -0.3 is 19.9 Å². The molecule has 0 bridgehead atoms. The molecule has 6 heteroatoms. The van der Waals surface area contributed by atoms with Crippen molar-refractivity contribution in [3.8, 4) is 0 Å². The summed E-state index contributed by atoms with van der Waals surface area (Å²) < 4.78 is 5.63. The van der Waals surface area contributed by atoms with Gasteiger partial charge in [0.15, 0.2) is 0 Å². The Hall–Kier alpha value is -2.83. The molecule has 0 saturated heterocycles. The lowest BCUT2D eigenvalue weighted by atomic mass is 9.83. The van der Waals surface area contributed by atoms with Crippen LogP contribution in [0.2, 0.25) is 0 Å². The Morgan fingerprint density at radius 3 is 2.53 bits per heavy atom. The minimum absolute atomic E-state index is 0.0267. The molecule has 1 aliphatic heterocycles. The van der Waals surface area contributed by atoms with E-state index in [1.165, 1.54) is 11.1 Å². The normalized spacial score (nSPS) is 15.6. The van der Waals surface area contributed by atoms with Crippen molar-refractivity contribution in [3.63, 3.8) is 0 Å². The molecule has 5 nitrogen and oxygen atoms in total. The zero-order chi connectivity index (χ0) is 24.6. The van der Waals surface area contributed by atoms with Gasteiger partial charge in [0.25, 0.3) is 5.91 Å². The molecule has 1 aromatic carbocycles. The van der Waals surface area contributed by atoms with E-state index in [-0.39, 0.29) is 11.4 Å². The summed E-state index contributed by atoms with van der Waals surface area (Å²) in [5.74, 6) is -0.0267. The highest BCUT2D eigenvalue weighted by Gasteiger charge is 2.31. The minimum Gasteiger partial charge on any atom is -0.388 e. The SMILES string of the molecule is C=C(C(=O)N(C)C(C)(C)C)C1=C(N(C)c2ccsc2)c2cc(C3=CCOC3)c(NC)cc2CC1. The lowest BCUT2D eigenvalue weighted by Crippen LogP contribution is -2.43. The highest BCUT2D eigenvalue weighted by molar-refractivity contribution is 7.08. The van der Waals surface area contributed by atoms with Gasteiger partial charge in [-0.1, -0.05) is 12.7 Å². The molecule has 34 heavy (non-hydrogen) atoms. The summed E-state index contributed by atoms with van der Waals surface area (Å²) in [6.07, 6.45) is 3.79. The highest BCUT2D eigenvalue weighted by Crippen LogP contribution is 2.42. The van der Waals surface area contributed by atoms with E-state index < -0.39 is 0 Å². The largest absolute Gasteiger partial charge is 0.388 e. The van der Waals surface area contributed by atoms with E-state index in [2.05, 4.69) is 58.9 Å². The summed E-state index contributed by atoms with van der Waals surface area (Å²) >= 11 is 1.67. The van der Waals surface area contributed by atoms with Crippen LogP contribution in [0.4, 0.5) is 11.4 Å². The smallest absolute Gasteiger partial charge is 0.253 e. The number of nitrogens with zero attached hydrogens (tertiary/aromatic N) is 2. The molecule has 0 atom stereocenters. The van der Waals surface area contributed by atoms with E-state index in [4.69, 9.17) is 4.74 Å². The number of aryl methyl sites for hydroxylation is 1. The predicted molar refractivity (Wildman–Crippen MR) is 144 cm³/mol. The van der Waals surface area contributed by atoms with E-state index in [0.717, 1.165) is 46.6 Å². The number of carbonyl (C=O) groups is 1. The molecule has 0 fully saturated rings. The molecule has 0 spiro atoms. The van der Waals surface area contributed by atoms with Gasteiger partial charge in [-0.3, -0.25) is 4.79 Å². The van der Waals surface area contributed by atoms with Crippen LogP contribution in [-0.4, -0.2) is 50.7 Å². The van der Waals surface area contributed by atoms with Crippen molar-refractivity contribution < 1.29 is 9.53 Å². The van der Waals surface area contributed by atoms with Crippen molar-refractivity contribution in [2.24, 2.45) is 0 Å². The second-order valence-electron chi connectivity index (χ2n) is 9.93. The van der Waals surface area contributed by atoms with E-state index in [1.54, 1.807) is 16.2 Å². The number of hydrogen-bond acceptors (Lipinski definition) is 5. The van der Waals surface area contributed by atoms with Crippen LogP contribution in [0.15, 0.2) is 52.8 Å². The summed E-state index contributed by atoms with van der Waals surface area (Å²) in [7, 11) is 5.91. The number of thiophene rings is 1. The zero-order valence-corrected chi connectivity index (χ0v) is 21.9. The number of hydrogen-bond donors (Lipinski definition) is 1. The molecule has 1 N–H and O–H groups in total. The predicted octanol–water partition coefficient (Wildman–Crippen LogP) is 5.81. The fourth-order valence-electron chi connectivity index (χ4n) is 4.55. The average molecular weight is 478 g/mol. The number of ether oxygens (including phenoxy) is 1. The van der Waals surface area contributed by atoms with Crippen LogP contribution in [0.1, 0.15) is 43.9 Å². The highest BCUT2D eigenvalue weighted by atomic mass is 32.1. The standard InChI is InChI=1S/C28H35N3O2S/c1-18(27(32)31(7)28(2,3)4)22-9-8-19-14-25(29-5)23(20-10-12-33-16-20)15-24(19)26(22)30(6)21-11-13-34-17-21/h10-11,13-15,17,29H,1,8-9,12,16H2,2-7H3. The van der Waals surface area contributed by atoms with E-state index in [9.17, 15) is 4.79 Å². The Bertz CT molecular complexity index is 1170. The Morgan fingerprint density at radius 2 is 1.94 bits per heavy atom. The van der Waals surface area contributed by atoms with Crippen molar-refractivity contribution in [3.05, 3.63) is 69.5 Å². The van der Waals surface area contributed by atoms with E-state index in [1.807, 2.05) is 34.9 Å². The molecular formula is C28H35N3O2S. The fourth-order valence-corrected chi connectivity index (χ4v) is 5.22. The van der Waals surface area contributed by atoms with Gasteiger partial charge in [-0.25, -0.2) is 0 Å². The maximum atomic E-state index is 13.5. The summed E-state index contributed by atoms with van der Waals surface area (Å²) in [5.41, 5.74) is 9.36. The summed E-state index contributed by atoms with van der Waals surface area (Å²) in [6, 6.07) is 6.64. The molecule has 0 saturated carbocycles. The van der Waals surface area contributed by atoms with Crippen molar-refractivity contribution in [1.29, 1.82) is 0 Å². The molecule has 0 unspecified atom stereocenters. The summed E-state index contributed by atoms with van der Waals surface area (Å²) in [4.78, 5) is 17.5. The minimum atomic E-state index is -0.281. The van der Waals surface area contributed by atoms with Gasteiger partial charge in [0, 0.05) is 54.4 Å². The van der Waals surface area contributed by atoms with Crippen molar-refractivity contribution >= 4 is 39.9 Å². The molecule has 1 aliphatic carbocycles. The number of likely N-dealkylation sites (N-methyl/N-ethyl adjacent to an activating group) is 1. The van der Waals surface area contributed by atoms with Crippen LogP contribution in [0, 0.1) is 0 Å². The van der Waals surface area contributed by atoms with Gasteiger partial charge in [-0.15, -0.1) is 0 Å². The second-order valence-corrected chi connectivity index (χ2v) is 10.7. The summed E-state index contributed by atoms with van der Waals surface area (Å²) in [6.45, 7) is 11.7. The third-order valence-corrected chi connectivity index (χ3v) is 7.58. The number of anilines is 2. The molecule has 2 heterocycles. The molecule has 4 rings (SSSR count). The Balaban J connectivity index is 1.90. The van der Waals surface area contributed by atoms with Gasteiger partial charge in [-0.05, 0) is 73.9 Å². The van der Waals surface area contributed by atoms with Crippen LogP contribution < -0.4 is 10.2 Å². The molecular weight excluding hydrogens is 442 g/mol. The first-order chi connectivity index (χ1) is 16.1. The number of carbonyl (C=O) groups excluding carboxylic acids is 1. The lowest BCUT2D eigenvalue weighted by Gasteiger charge is -2.36. The first-order valence-corrected chi connectivity index (χ1v) is 12.7. The van der Waals surface area contributed by atoms with Gasteiger partial charge in [0.1, 0.15) is 0 Å². The number of fused-ring (bicyclic) bond motifs is 1. The number of amides is 1. The second kappa shape index (κ2) is 9.43. The van der Waals surface area contributed by atoms with Gasteiger partial charge in [0.2, 0.25) is 0 Å². The number of benzene rings is 1.